The third kappa shape index (κ3) is 5.20. The number of fused-ring (bicyclic) bond motifs is 6. The van der Waals surface area contributed by atoms with E-state index in [2.05, 4.69) is 192 Å². The van der Waals surface area contributed by atoms with E-state index in [0.717, 1.165) is 56.1 Å². The predicted molar refractivity (Wildman–Crippen MR) is 221 cm³/mol. The van der Waals surface area contributed by atoms with Crippen molar-refractivity contribution in [2.45, 2.75) is 0 Å². The van der Waals surface area contributed by atoms with Crippen molar-refractivity contribution < 1.29 is 4.42 Å². The summed E-state index contributed by atoms with van der Waals surface area (Å²) in [4.78, 5) is 4.69. The Morgan fingerprint density at radius 3 is 1.67 bits per heavy atom. The molecule has 0 bridgehead atoms. The molecule has 3 nitrogen and oxygen atoms in total. The van der Waals surface area contributed by atoms with Gasteiger partial charge in [0.05, 0.1) is 5.69 Å². The standard InChI is InChI=1S/C48H32N2OS/c1-4-14-34(15-5-1)49(35-16-6-2-7-17-35)37-26-29-47-43(32-37)41-27-24-33(30-48(41)52-47)39-20-10-12-22-44(39)50(36-18-8-3-9-19-36)38-25-28-46-42(31-38)40-21-11-13-23-45(40)51-46/h1-32H. The average molecular weight is 685 g/mol. The summed E-state index contributed by atoms with van der Waals surface area (Å²) in [6.45, 7) is 0. The molecule has 2 aromatic heterocycles. The van der Waals surface area contributed by atoms with Crippen LogP contribution in [0.4, 0.5) is 34.1 Å². The van der Waals surface area contributed by atoms with E-state index in [4.69, 9.17) is 4.42 Å². The van der Waals surface area contributed by atoms with Crippen LogP contribution >= 0.6 is 11.3 Å². The second kappa shape index (κ2) is 12.6. The molecule has 0 N–H and O–H groups in total. The topological polar surface area (TPSA) is 19.6 Å². The van der Waals surface area contributed by atoms with Crippen LogP contribution in [0.3, 0.4) is 0 Å². The number of nitrogens with zero attached hydrogens (tertiary/aromatic N) is 2. The Labute approximate surface area is 305 Å². The summed E-state index contributed by atoms with van der Waals surface area (Å²) >= 11 is 1.85. The minimum Gasteiger partial charge on any atom is -0.456 e. The summed E-state index contributed by atoms with van der Waals surface area (Å²) < 4.78 is 8.74. The Morgan fingerprint density at radius 2 is 0.923 bits per heavy atom. The van der Waals surface area contributed by atoms with Crippen LogP contribution in [0.2, 0.25) is 0 Å². The highest BCUT2D eigenvalue weighted by molar-refractivity contribution is 7.25. The first-order valence-electron chi connectivity index (χ1n) is 17.5. The van der Waals surface area contributed by atoms with Gasteiger partial charge in [0, 0.05) is 64.9 Å². The van der Waals surface area contributed by atoms with Crippen LogP contribution in [0.15, 0.2) is 199 Å². The zero-order valence-corrected chi connectivity index (χ0v) is 29.0. The van der Waals surface area contributed by atoms with Crippen LogP contribution in [-0.4, -0.2) is 0 Å². The molecule has 0 radical (unpaired) electrons. The minimum atomic E-state index is 0.889. The van der Waals surface area contributed by atoms with Crippen molar-refractivity contribution in [3.05, 3.63) is 194 Å². The van der Waals surface area contributed by atoms with E-state index in [1.807, 2.05) is 23.5 Å². The van der Waals surface area contributed by atoms with Crippen LogP contribution in [-0.2, 0) is 0 Å². The molecule has 2 heterocycles. The molecule has 0 spiro atoms. The van der Waals surface area contributed by atoms with E-state index in [9.17, 15) is 0 Å². The van der Waals surface area contributed by atoms with Crippen molar-refractivity contribution in [2.24, 2.45) is 0 Å². The van der Waals surface area contributed by atoms with Gasteiger partial charge in [-0.3, -0.25) is 0 Å². The van der Waals surface area contributed by atoms with Gasteiger partial charge in [-0.15, -0.1) is 11.3 Å². The van der Waals surface area contributed by atoms with Crippen molar-refractivity contribution in [1.82, 2.24) is 0 Å². The number of hydrogen-bond donors (Lipinski definition) is 0. The largest absolute Gasteiger partial charge is 0.456 e. The van der Waals surface area contributed by atoms with Crippen LogP contribution in [0.25, 0.3) is 53.2 Å². The molecular weight excluding hydrogens is 653 g/mol. The summed E-state index contributed by atoms with van der Waals surface area (Å²) in [6.07, 6.45) is 0. The predicted octanol–water partition coefficient (Wildman–Crippen LogP) is 14.6. The Balaban J connectivity index is 1.10. The van der Waals surface area contributed by atoms with Crippen LogP contribution in [0.5, 0.6) is 0 Å². The first-order chi connectivity index (χ1) is 25.8. The molecule has 10 aromatic rings. The van der Waals surface area contributed by atoms with Crippen molar-refractivity contribution in [3.8, 4) is 11.1 Å². The normalized spacial score (nSPS) is 11.5. The van der Waals surface area contributed by atoms with E-state index in [1.54, 1.807) is 0 Å². The van der Waals surface area contributed by atoms with Crippen LogP contribution in [0.1, 0.15) is 0 Å². The van der Waals surface area contributed by atoms with Gasteiger partial charge in [-0.05, 0) is 96.6 Å². The SMILES string of the molecule is c1ccc(N(c2ccccc2)c2ccc3sc4cc(-c5ccccc5N(c5ccccc5)c5ccc6oc7ccccc7c6c5)ccc4c3c2)cc1. The lowest BCUT2D eigenvalue weighted by Gasteiger charge is -2.28. The highest BCUT2D eigenvalue weighted by atomic mass is 32.1. The zero-order chi connectivity index (χ0) is 34.4. The number of anilines is 6. The third-order valence-corrected chi connectivity index (χ3v) is 11.0. The van der Waals surface area contributed by atoms with Crippen molar-refractivity contribution >= 4 is 87.6 Å². The van der Waals surface area contributed by atoms with E-state index in [-0.39, 0.29) is 0 Å². The quantitative estimate of drug-likeness (QED) is 0.167. The fourth-order valence-electron chi connectivity index (χ4n) is 7.44. The number of para-hydroxylation sites is 5. The van der Waals surface area contributed by atoms with E-state index in [1.165, 1.54) is 31.3 Å². The maximum Gasteiger partial charge on any atom is 0.135 e. The molecule has 0 saturated heterocycles. The number of hydrogen-bond acceptors (Lipinski definition) is 4. The molecule has 4 heteroatoms. The Morgan fingerprint density at radius 1 is 0.346 bits per heavy atom. The second-order valence-corrected chi connectivity index (χ2v) is 14.1. The van der Waals surface area contributed by atoms with Gasteiger partial charge in [-0.25, -0.2) is 0 Å². The molecule has 0 saturated carbocycles. The molecule has 0 amide bonds. The van der Waals surface area contributed by atoms with Gasteiger partial charge in [-0.1, -0.05) is 103 Å². The highest BCUT2D eigenvalue weighted by Gasteiger charge is 2.20. The maximum atomic E-state index is 6.20. The van der Waals surface area contributed by atoms with Gasteiger partial charge in [0.1, 0.15) is 11.2 Å². The zero-order valence-electron chi connectivity index (χ0n) is 28.2. The molecule has 0 aliphatic rings. The smallest absolute Gasteiger partial charge is 0.135 e. The van der Waals surface area contributed by atoms with Gasteiger partial charge in [-0.2, -0.15) is 0 Å². The second-order valence-electron chi connectivity index (χ2n) is 13.0. The van der Waals surface area contributed by atoms with Gasteiger partial charge in [0.25, 0.3) is 0 Å². The minimum absolute atomic E-state index is 0.889. The molecule has 8 aromatic carbocycles. The molecular formula is C48H32N2OS. The summed E-state index contributed by atoms with van der Waals surface area (Å²) in [5, 5.41) is 4.76. The summed E-state index contributed by atoms with van der Waals surface area (Å²) in [6, 6.07) is 69.1. The molecule has 0 aliphatic heterocycles. The Kier molecular flexibility index (Phi) is 7.33. The van der Waals surface area contributed by atoms with Crippen molar-refractivity contribution in [3.63, 3.8) is 0 Å². The van der Waals surface area contributed by atoms with Gasteiger partial charge in [0.15, 0.2) is 0 Å². The van der Waals surface area contributed by atoms with Gasteiger partial charge in [0.2, 0.25) is 0 Å². The first-order valence-corrected chi connectivity index (χ1v) is 18.3. The molecule has 0 unspecified atom stereocenters. The fraction of sp³-hybridized carbons (Fsp3) is 0. The molecule has 10 rings (SSSR count). The number of furan rings is 1. The lowest BCUT2D eigenvalue weighted by Crippen LogP contribution is -2.11. The fourth-order valence-corrected chi connectivity index (χ4v) is 8.57. The Bertz CT molecular complexity index is 2820. The summed E-state index contributed by atoms with van der Waals surface area (Å²) in [7, 11) is 0. The van der Waals surface area contributed by atoms with Crippen LogP contribution < -0.4 is 9.80 Å². The lowest BCUT2D eigenvalue weighted by atomic mass is 10.00. The lowest BCUT2D eigenvalue weighted by molar-refractivity contribution is 0.669. The van der Waals surface area contributed by atoms with E-state index in [0.29, 0.717) is 0 Å². The van der Waals surface area contributed by atoms with Crippen molar-refractivity contribution in [2.75, 3.05) is 9.80 Å². The summed E-state index contributed by atoms with van der Waals surface area (Å²) in [5.41, 5.74) is 10.8. The average Bonchev–Trinajstić information content (AvgIpc) is 3.77. The highest BCUT2D eigenvalue weighted by Crippen LogP contribution is 2.45. The number of thiophene rings is 1. The number of benzene rings is 8. The van der Waals surface area contributed by atoms with E-state index < -0.39 is 0 Å². The van der Waals surface area contributed by atoms with E-state index >= 15 is 0 Å². The van der Waals surface area contributed by atoms with Gasteiger partial charge < -0.3 is 14.2 Å². The molecule has 0 atom stereocenters. The number of rotatable bonds is 7. The molecule has 0 aliphatic carbocycles. The maximum absolute atomic E-state index is 6.20. The first kappa shape index (κ1) is 30.2. The summed E-state index contributed by atoms with van der Waals surface area (Å²) in [5.74, 6) is 0. The third-order valence-electron chi connectivity index (χ3n) is 9.83. The Hall–Kier alpha value is -6.62. The van der Waals surface area contributed by atoms with Gasteiger partial charge >= 0.3 is 0 Å². The van der Waals surface area contributed by atoms with Crippen LogP contribution in [0, 0.1) is 0 Å². The molecule has 0 fully saturated rings. The molecule has 52 heavy (non-hydrogen) atoms. The molecule has 246 valence electrons. The van der Waals surface area contributed by atoms with Crippen molar-refractivity contribution in [1.29, 1.82) is 0 Å². The monoisotopic (exact) mass is 684 g/mol.